The molecule has 0 rings (SSSR count). The molecule has 10 heavy (non-hydrogen) atoms. The number of ether oxygens (including phenoxy) is 2. The lowest BCUT2D eigenvalue weighted by molar-refractivity contribution is -0.132. The number of rotatable bonds is 5. The van der Waals surface area contributed by atoms with Gasteiger partial charge in [0.25, 0.3) is 0 Å². The molecule has 2 atom stereocenters. The summed E-state index contributed by atoms with van der Waals surface area (Å²) in [6, 6.07) is 0. The van der Waals surface area contributed by atoms with E-state index in [1.165, 1.54) is 0 Å². The van der Waals surface area contributed by atoms with Crippen molar-refractivity contribution in [2.45, 2.75) is 26.1 Å². The Morgan fingerprint density at radius 2 is 1.30 bits per heavy atom. The van der Waals surface area contributed by atoms with Crippen molar-refractivity contribution in [3.8, 4) is 0 Å². The highest BCUT2D eigenvalue weighted by Crippen LogP contribution is 2.00. The average molecular weight is 150 g/mol. The highest BCUT2D eigenvalue weighted by atomic mass is 16.6. The third kappa shape index (κ3) is 3.79. The lowest BCUT2D eigenvalue weighted by Crippen LogP contribution is -2.26. The molecule has 0 saturated carbocycles. The van der Waals surface area contributed by atoms with Gasteiger partial charge in [0.05, 0.1) is 12.2 Å². The zero-order valence-corrected chi connectivity index (χ0v) is 6.28. The van der Waals surface area contributed by atoms with Gasteiger partial charge in [0, 0.05) is 0 Å². The molecule has 0 aliphatic carbocycles. The molecule has 0 fully saturated rings. The molecular formula is C6H14O4. The maximum atomic E-state index is 8.31. The van der Waals surface area contributed by atoms with Crippen molar-refractivity contribution in [2.75, 3.05) is 13.6 Å². The summed E-state index contributed by atoms with van der Waals surface area (Å²) in [4.78, 5) is 0. The van der Waals surface area contributed by atoms with E-state index in [4.69, 9.17) is 19.7 Å². The van der Waals surface area contributed by atoms with Gasteiger partial charge in [-0.2, -0.15) is 0 Å². The Hall–Kier alpha value is -0.160. The second kappa shape index (κ2) is 5.61. The van der Waals surface area contributed by atoms with Crippen molar-refractivity contribution in [1.29, 1.82) is 0 Å². The molecule has 0 spiro atoms. The van der Waals surface area contributed by atoms with E-state index in [-0.39, 0.29) is 25.8 Å². The fourth-order valence-corrected chi connectivity index (χ4v) is 0.506. The monoisotopic (exact) mass is 150 g/mol. The minimum atomic E-state index is -0.319. The van der Waals surface area contributed by atoms with Crippen molar-refractivity contribution < 1.29 is 19.7 Å². The summed E-state index contributed by atoms with van der Waals surface area (Å²) in [5.74, 6) is 0. The first-order valence-corrected chi connectivity index (χ1v) is 3.17. The van der Waals surface area contributed by atoms with Gasteiger partial charge in [0.1, 0.15) is 13.6 Å². The first-order valence-electron chi connectivity index (χ1n) is 3.17. The molecule has 2 N–H and O–H groups in total. The van der Waals surface area contributed by atoms with Crippen LogP contribution < -0.4 is 0 Å². The van der Waals surface area contributed by atoms with E-state index in [1.54, 1.807) is 13.8 Å². The molecule has 0 aliphatic heterocycles. The fourth-order valence-electron chi connectivity index (χ4n) is 0.506. The van der Waals surface area contributed by atoms with Gasteiger partial charge >= 0.3 is 0 Å². The van der Waals surface area contributed by atoms with Crippen LogP contribution in [-0.4, -0.2) is 36.0 Å². The molecule has 0 saturated heterocycles. The molecule has 0 aromatic rings. The topological polar surface area (TPSA) is 58.9 Å². The van der Waals surface area contributed by atoms with Gasteiger partial charge in [-0.1, -0.05) is 0 Å². The summed E-state index contributed by atoms with van der Waals surface area (Å²) in [5.41, 5.74) is 0. The van der Waals surface area contributed by atoms with Crippen LogP contribution >= 0.6 is 0 Å². The predicted octanol–water partition coefficient (Wildman–Crippen LogP) is -0.304. The van der Waals surface area contributed by atoms with Crippen LogP contribution in [0.3, 0.4) is 0 Å². The van der Waals surface area contributed by atoms with Crippen LogP contribution in [0.15, 0.2) is 0 Å². The van der Waals surface area contributed by atoms with E-state index in [1.807, 2.05) is 0 Å². The molecule has 0 aromatic carbocycles. The van der Waals surface area contributed by atoms with E-state index < -0.39 is 0 Å². The lowest BCUT2D eigenvalue weighted by atomic mass is 10.2. The van der Waals surface area contributed by atoms with Crippen molar-refractivity contribution in [1.82, 2.24) is 0 Å². The Kier molecular flexibility index (Phi) is 5.52. The number of hydrogen-bond acceptors (Lipinski definition) is 4. The molecular weight excluding hydrogens is 136 g/mol. The quantitative estimate of drug-likeness (QED) is 0.528. The summed E-state index contributed by atoms with van der Waals surface area (Å²) in [6.07, 6.45) is -0.394. The van der Waals surface area contributed by atoms with Crippen LogP contribution in [0.1, 0.15) is 13.8 Å². The van der Waals surface area contributed by atoms with Crippen molar-refractivity contribution >= 4 is 0 Å². The van der Waals surface area contributed by atoms with Crippen molar-refractivity contribution in [3.05, 3.63) is 0 Å². The molecule has 62 valence electrons. The molecule has 0 aliphatic rings. The molecule has 2 unspecified atom stereocenters. The van der Waals surface area contributed by atoms with Crippen LogP contribution in [0.2, 0.25) is 0 Å². The number of aliphatic hydroxyl groups is 2. The summed E-state index contributed by atoms with van der Waals surface area (Å²) in [6.45, 7) is 2.88. The van der Waals surface area contributed by atoms with Gasteiger partial charge in [-0.25, -0.2) is 0 Å². The first kappa shape index (κ1) is 9.84. The van der Waals surface area contributed by atoms with Crippen molar-refractivity contribution in [2.24, 2.45) is 0 Å². The van der Waals surface area contributed by atoms with E-state index in [0.717, 1.165) is 0 Å². The molecule has 0 radical (unpaired) electrons. The Morgan fingerprint density at radius 1 is 1.00 bits per heavy atom. The Balaban J connectivity index is 3.38. The largest absolute Gasteiger partial charge is 0.371 e. The first-order chi connectivity index (χ1) is 4.72. The summed E-state index contributed by atoms with van der Waals surface area (Å²) >= 11 is 0. The Labute approximate surface area is 60.4 Å². The van der Waals surface area contributed by atoms with Gasteiger partial charge in [0.15, 0.2) is 0 Å². The summed E-state index contributed by atoms with van der Waals surface area (Å²) < 4.78 is 9.55. The van der Waals surface area contributed by atoms with Crippen LogP contribution in [0, 0.1) is 0 Å². The van der Waals surface area contributed by atoms with Gasteiger partial charge in [-0.05, 0) is 13.8 Å². The van der Waals surface area contributed by atoms with Gasteiger partial charge in [-0.15, -0.1) is 0 Å². The second-order valence-corrected chi connectivity index (χ2v) is 2.00. The standard InChI is InChI=1S/C6H14O4/c1-5(9-3-7)6(2)10-4-8/h5-8H,3-4H2,1-2H3. The van der Waals surface area contributed by atoms with Gasteiger partial charge in [0.2, 0.25) is 0 Å². The second-order valence-electron chi connectivity index (χ2n) is 2.00. The molecule has 0 amide bonds. The summed E-state index contributed by atoms with van der Waals surface area (Å²) in [7, 11) is 0. The fraction of sp³-hybridized carbons (Fsp3) is 1.00. The smallest absolute Gasteiger partial charge is 0.144 e. The van der Waals surface area contributed by atoms with Gasteiger partial charge in [-0.3, -0.25) is 0 Å². The molecule has 4 nitrogen and oxygen atoms in total. The predicted molar refractivity (Wildman–Crippen MR) is 35.3 cm³/mol. The average Bonchev–Trinajstić information content (AvgIpc) is 1.89. The van der Waals surface area contributed by atoms with E-state index in [2.05, 4.69) is 0 Å². The third-order valence-corrected chi connectivity index (χ3v) is 1.34. The minimum absolute atomic E-state index is 0.197. The van der Waals surface area contributed by atoms with E-state index in [9.17, 15) is 0 Å². The van der Waals surface area contributed by atoms with Crippen LogP contribution in [0.5, 0.6) is 0 Å². The van der Waals surface area contributed by atoms with Crippen LogP contribution in [-0.2, 0) is 9.47 Å². The molecule has 0 heterocycles. The van der Waals surface area contributed by atoms with E-state index in [0.29, 0.717) is 0 Å². The lowest BCUT2D eigenvalue weighted by Gasteiger charge is -2.18. The van der Waals surface area contributed by atoms with Crippen molar-refractivity contribution in [3.63, 3.8) is 0 Å². The number of hydrogen-bond donors (Lipinski definition) is 2. The zero-order chi connectivity index (χ0) is 7.98. The third-order valence-electron chi connectivity index (χ3n) is 1.34. The maximum absolute atomic E-state index is 8.31. The Morgan fingerprint density at radius 3 is 1.50 bits per heavy atom. The summed E-state index contributed by atoms with van der Waals surface area (Å²) in [5, 5.41) is 16.6. The van der Waals surface area contributed by atoms with E-state index >= 15 is 0 Å². The number of aliphatic hydroxyl groups excluding tert-OH is 2. The Bertz CT molecular complexity index is 66.1. The highest BCUT2D eigenvalue weighted by molar-refractivity contribution is 4.57. The minimum Gasteiger partial charge on any atom is -0.371 e. The SMILES string of the molecule is CC(OCO)C(C)OCO. The normalized spacial score (nSPS) is 16.8. The maximum Gasteiger partial charge on any atom is 0.144 e. The van der Waals surface area contributed by atoms with Crippen LogP contribution in [0.25, 0.3) is 0 Å². The highest BCUT2D eigenvalue weighted by Gasteiger charge is 2.11. The van der Waals surface area contributed by atoms with Gasteiger partial charge < -0.3 is 19.7 Å². The zero-order valence-electron chi connectivity index (χ0n) is 6.28. The molecule has 0 bridgehead atoms. The molecule has 4 heteroatoms. The van der Waals surface area contributed by atoms with Crippen LogP contribution in [0.4, 0.5) is 0 Å². The molecule has 0 aromatic heterocycles.